The Bertz CT molecular complexity index is 1050. The predicted molar refractivity (Wildman–Crippen MR) is 125 cm³/mol. The van der Waals surface area contributed by atoms with Gasteiger partial charge in [0, 0.05) is 37.9 Å². The Kier molecular flexibility index (Phi) is 7.25. The number of rotatable bonds is 8. The van der Waals surface area contributed by atoms with Crippen molar-refractivity contribution in [2.24, 2.45) is 0 Å². The lowest BCUT2D eigenvalue weighted by Crippen LogP contribution is -2.38. The summed E-state index contributed by atoms with van der Waals surface area (Å²) in [6.45, 7) is 5.82. The first-order valence-corrected chi connectivity index (χ1v) is 11.2. The molecule has 2 N–H and O–H groups in total. The van der Waals surface area contributed by atoms with Crippen molar-refractivity contribution in [3.8, 4) is 16.3 Å². The molecule has 10 heteroatoms. The van der Waals surface area contributed by atoms with Crippen LogP contribution in [0.15, 0.2) is 36.5 Å². The Morgan fingerprint density at radius 3 is 2.72 bits per heavy atom. The fraction of sp³-hybridized carbons (Fsp3) is 0.364. The lowest BCUT2D eigenvalue weighted by Gasteiger charge is -2.26. The highest BCUT2D eigenvalue weighted by Gasteiger charge is 2.16. The Morgan fingerprint density at radius 1 is 1.19 bits per heavy atom. The van der Waals surface area contributed by atoms with E-state index in [1.807, 2.05) is 37.3 Å². The van der Waals surface area contributed by atoms with Crippen molar-refractivity contribution in [1.82, 2.24) is 19.9 Å². The summed E-state index contributed by atoms with van der Waals surface area (Å²) < 4.78 is 10.5. The zero-order valence-electron chi connectivity index (χ0n) is 18.1. The summed E-state index contributed by atoms with van der Waals surface area (Å²) in [5.74, 6) is 1.22. The van der Waals surface area contributed by atoms with Gasteiger partial charge in [-0.1, -0.05) is 11.3 Å². The number of morpholine rings is 1. The molecule has 1 aromatic carbocycles. The second kappa shape index (κ2) is 10.5. The number of carbonyl (C=O) groups is 1. The first kappa shape index (κ1) is 22.1. The number of hydrogen-bond donors (Lipinski definition) is 2. The number of nitrogens with one attached hydrogen (secondary N) is 2. The van der Waals surface area contributed by atoms with E-state index in [2.05, 4.69) is 30.5 Å². The second-order valence-corrected chi connectivity index (χ2v) is 8.30. The van der Waals surface area contributed by atoms with Crippen molar-refractivity contribution >= 4 is 34.0 Å². The minimum absolute atomic E-state index is 0.0404. The summed E-state index contributed by atoms with van der Waals surface area (Å²) in [4.78, 5) is 28.9. The van der Waals surface area contributed by atoms with E-state index in [-0.39, 0.29) is 5.91 Å². The van der Waals surface area contributed by atoms with Gasteiger partial charge >= 0.3 is 0 Å². The van der Waals surface area contributed by atoms with Crippen molar-refractivity contribution in [3.63, 3.8) is 0 Å². The number of hydrogen-bond acceptors (Lipinski definition) is 9. The van der Waals surface area contributed by atoms with Crippen LogP contribution in [0.25, 0.3) is 10.6 Å². The van der Waals surface area contributed by atoms with Crippen molar-refractivity contribution < 1.29 is 14.3 Å². The molecule has 32 heavy (non-hydrogen) atoms. The molecule has 1 fully saturated rings. The van der Waals surface area contributed by atoms with E-state index < -0.39 is 0 Å². The predicted octanol–water partition coefficient (Wildman–Crippen LogP) is 3.32. The van der Waals surface area contributed by atoms with Crippen LogP contribution in [-0.2, 0) is 9.53 Å². The highest BCUT2D eigenvalue weighted by atomic mass is 32.1. The van der Waals surface area contributed by atoms with Gasteiger partial charge in [-0.05, 0) is 37.3 Å². The number of methoxy groups -OCH3 is 1. The average molecular weight is 455 g/mol. The SMILES string of the molecule is COc1ccc(Nc2nccc(-c3sc(NC(=O)CCN4CCOCC4)nc3C)n2)cc1. The van der Waals surface area contributed by atoms with Gasteiger partial charge in [0.25, 0.3) is 0 Å². The molecule has 1 saturated heterocycles. The van der Waals surface area contributed by atoms with Crippen molar-refractivity contribution in [1.29, 1.82) is 0 Å². The summed E-state index contributed by atoms with van der Waals surface area (Å²) in [5.41, 5.74) is 2.42. The highest BCUT2D eigenvalue weighted by Crippen LogP contribution is 2.32. The molecule has 0 aliphatic carbocycles. The Balaban J connectivity index is 1.39. The van der Waals surface area contributed by atoms with E-state index in [9.17, 15) is 4.79 Å². The van der Waals surface area contributed by atoms with Gasteiger partial charge in [0.2, 0.25) is 11.9 Å². The van der Waals surface area contributed by atoms with Crippen LogP contribution in [0.2, 0.25) is 0 Å². The molecule has 0 atom stereocenters. The number of anilines is 3. The summed E-state index contributed by atoms with van der Waals surface area (Å²) in [6, 6.07) is 9.37. The first-order chi connectivity index (χ1) is 15.6. The Morgan fingerprint density at radius 2 is 1.97 bits per heavy atom. The molecule has 1 aliphatic rings. The number of benzene rings is 1. The molecule has 2 aromatic heterocycles. The maximum Gasteiger partial charge on any atom is 0.227 e. The molecule has 0 bridgehead atoms. The third-order valence-corrected chi connectivity index (χ3v) is 6.13. The van der Waals surface area contributed by atoms with Gasteiger partial charge in [-0.2, -0.15) is 0 Å². The molecular formula is C22H26N6O3S. The molecule has 0 saturated carbocycles. The van der Waals surface area contributed by atoms with E-state index in [4.69, 9.17) is 9.47 Å². The van der Waals surface area contributed by atoms with E-state index in [0.717, 1.165) is 60.5 Å². The molecule has 1 aliphatic heterocycles. The van der Waals surface area contributed by atoms with Gasteiger partial charge in [-0.15, -0.1) is 0 Å². The third kappa shape index (κ3) is 5.78. The minimum atomic E-state index is -0.0404. The maximum atomic E-state index is 12.4. The smallest absolute Gasteiger partial charge is 0.227 e. The first-order valence-electron chi connectivity index (χ1n) is 10.4. The molecule has 3 heterocycles. The molecule has 0 unspecified atom stereocenters. The molecular weight excluding hydrogens is 428 g/mol. The van der Waals surface area contributed by atoms with Crippen molar-refractivity contribution in [2.45, 2.75) is 13.3 Å². The second-order valence-electron chi connectivity index (χ2n) is 7.30. The van der Waals surface area contributed by atoms with Crippen LogP contribution in [-0.4, -0.2) is 65.7 Å². The largest absolute Gasteiger partial charge is 0.497 e. The maximum absolute atomic E-state index is 12.4. The molecule has 4 rings (SSSR count). The van der Waals surface area contributed by atoms with Crippen LogP contribution >= 0.6 is 11.3 Å². The quantitative estimate of drug-likeness (QED) is 0.535. The normalized spacial score (nSPS) is 14.2. The number of carbonyl (C=O) groups excluding carboxylic acids is 1. The number of aryl methyl sites for hydroxylation is 1. The minimum Gasteiger partial charge on any atom is -0.497 e. The van der Waals surface area contributed by atoms with E-state index in [1.165, 1.54) is 11.3 Å². The third-order valence-electron chi connectivity index (χ3n) is 5.04. The number of nitrogens with zero attached hydrogens (tertiary/aromatic N) is 4. The van der Waals surface area contributed by atoms with Gasteiger partial charge in [0.1, 0.15) is 5.75 Å². The highest BCUT2D eigenvalue weighted by molar-refractivity contribution is 7.19. The molecule has 1 amide bonds. The average Bonchev–Trinajstić information content (AvgIpc) is 3.19. The van der Waals surface area contributed by atoms with Crippen LogP contribution in [0.5, 0.6) is 5.75 Å². The lowest BCUT2D eigenvalue weighted by molar-refractivity contribution is -0.116. The van der Waals surface area contributed by atoms with Gasteiger partial charge in [0.15, 0.2) is 5.13 Å². The standard InChI is InChI=1S/C22H26N6O3S/c1-15-20(32-22(24-15)27-19(29)8-10-28-11-13-31-14-12-28)18-7-9-23-21(26-18)25-16-3-5-17(30-2)6-4-16/h3-7,9H,8,10-14H2,1-2H3,(H,23,25,26)(H,24,27,29). The van der Waals surface area contributed by atoms with Crippen molar-refractivity contribution in [3.05, 3.63) is 42.2 Å². The lowest BCUT2D eigenvalue weighted by atomic mass is 10.3. The Labute approximate surface area is 190 Å². The molecule has 0 spiro atoms. The summed E-state index contributed by atoms with van der Waals surface area (Å²) >= 11 is 1.41. The number of thiazole rings is 1. The van der Waals surface area contributed by atoms with E-state index in [1.54, 1.807) is 13.3 Å². The fourth-order valence-corrected chi connectivity index (χ4v) is 4.25. The summed E-state index contributed by atoms with van der Waals surface area (Å²) in [6.07, 6.45) is 2.13. The van der Waals surface area contributed by atoms with Crippen LogP contribution in [0, 0.1) is 6.92 Å². The van der Waals surface area contributed by atoms with Gasteiger partial charge < -0.3 is 20.1 Å². The van der Waals surface area contributed by atoms with Gasteiger partial charge in [-0.25, -0.2) is 15.0 Å². The summed E-state index contributed by atoms with van der Waals surface area (Å²) in [5, 5.41) is 6.69. The molecule has 168 valence electrons. The monoisotopic (exact) mass is 454 g/mol. The van der Waals surface area contributed by atoms with Crippen LogP contribution in [0.4, 0.5) is 16.8 Å². The summed E-state index contributed by atoms with van der Waals surface area (Å²) in [7, 11) is 1.63. The zero-order valence-corrected chi connectivity index (χ0v) is 18.9. The van der Waals surface area contributed by atoms with E-state index >= 15 is 0 Å². The van der Waals surface area contributed by atoms with Crippen LogP contribution in [0.3, 0.4) is 0 Å². The van der Waals surface area contributed by atoms with Crippen LogP contribution < -0.4 is 15.4 Å². The van der Waals surface area contributed by atoms with Gasteiger partial charge in [-0.3, -0.25) is 9.69 Å². The van der Waals surface area contributed by atoms with Gasteiger partial charge in [0.05, 0.1) is 36.6 Å². The van der Waals surface area contributed by atoms with Crippen LogP contribution in [0.1, 0.15) is 12.1 Å². The number of ether oxygens (including phenoxy) is 2. The number of amides is 1. The topological polar surface area (TPSA) is 102 Å². The fourth-order valence-electron chi connectivity index (χ4n) is 3.30. The zero-order chi connectivity index (χ0) is 22.3. The Hall–Kier alpha value is -3.08. The molecule has 0 radical (unpaired) electrons. The molecule has 9 nitrogen and oxygen atoms in total. The number of aromatic nitrogens is 3. The molecule has 3 aromatic rings. The van der Waals surface area contributed by atoms with Crippen molar-refractivity contribution in [2.75, 3.05) is 50.6 Å². The van der Waals surface area contributed by atoms with E-state index in [0.29, 0.717) is 17.5 Å².